The molecule has 0 bridgehead atoms. The molecular weight excluding hydrogens is 330 g/mol. The van der Waals surface area contributed by atoms with Crippen molar-refractivity contribution in [2.75, 3.05) is 18.8 Å². The molecule has 6 nitrogen and oxygen atoms in total. The Hall–Kier alpha value is -1.60. The molecule has 22 heavy (non-hydrogen) atoms. The van der Waals surface area contributed by atoms with E-state index in [2.05, 4.69) is 0 Å². The lowest BCUT2D eigenvalue weighted by atomic mass is 9.98. The molecule has 1 saturated heterocycles. The molecule has 0 spiro atoms. The lowest BCUT2D eigenvalue weighted by Crippen LogP contribution is -2.44. The van der Waals surface area contributed by atoms with Crippen LogP contribution in [-0.2, 0) is 19.4 Å². The number of amides is 1. The molecule has 1 aromatic carbocycles. The van der Waals surface area contributed by atoms with Gasteiger partial charge in [0.1, 0.15) is 5.75 Å². The number of carbonyl (C=O) groups is 2. The molecule has 120 valence electrons. The van der Waals surface area contributed by atoms with Crippen molar-refractivity contribution in [1.29, 1.82) is 0 Å². The Labute approximate surface area is 133 Å². The van der Waals surface area contributed by atoms with Gasteiger partial charge in [-0.05, 0) is 37.1 Å². The highest BCUT2D eigenvalue weighted by atomic mass is 35.5. The number of hydrogen-bond acceptors (Lipinski definition) is 4. The fraction of sp³-hybridized carbons (Fsp3) is 0.429. The normalized spacial score (nSPS) is 19.0. The minimum absolute atomic E-state index is 0.0250. The van der Waals surface area contributed by atoms with Gasteiger partial charge in [0.05, 0.1) is 10.8 Å². The van der Waals surface area contributed by atoms with Crippen LogP contribution in [0.15, 0.2) is 29.2 Å². The summed E-state index contributed by atoms with van der Waals surface area (Å²) >= 11 is 5.71. The number of halogens is 1. The molecule has 1 atom stereocenters. The SMILES string of the molecule is O=C(O)[C@@H]1CCCN(C(=O)CS(=O)(=O)c2ccc(Cl)cc2)C1. The first-order valence-corrected chi connectivity index (χ1v) is 8.81. The van der Waals surface area contributed by atoms with Gasteiger partial charge in [-0.3, -0.25) is 9.59 Å². The van der Waals surface area contributed by atoms with Crippen LogP contribution < -0.4 is 0 Å². The second-order valence-corrected chi connectivity index (χ2v) is 7.66. The van der Waals surface area contributed by atoms with Crippen LogP contribution in [0.25, 0.3) is 0 Å². The molecule has 0 aliphatic carbocycles. The molecular formula is C14H16ClNO5S. The zero-order valence-corrected chi connectivity index (χ0v) is 13.3. The minimum Gasteiger partial charge on any atom is -0.481 e. The van der Waals surface area contributed by atoms with E-state index in [1.807, 2.05) is 0 Å². The highest BCUT2D eigenvalue weighted by Crippen LogP contribution is 2.19. The number of carboxylic acid groups (broad SMARTS) is 1. The van der Waals surface area contributed by atoms with E-state index in [9.17, 15) is 18.0 Å². The summed E-state index contributed by atoms with van der Waals surface area (Å²) < 4.78 is 24.4. The summed E-state index contributed by atoms with van der Waals surface area (Å²) in [5, 5.41) is 9.41. The van der Waals surface area contributed by atoms with Crippen molar-refractivity contribution in [3.05, 3.63) is 29.3 Å². The summed E-state index contributed by atoms with van der Waals surface area (Å²) in [6.07, 6.45) is 1.06. The van der Waals surface area contributed by atoms with Gasteiger partial charge in [-0.15, -0.1) is 0 Å². The number of carboxylic acids is 1. The Morgan fingerprint density at radius 2 is 1.91 bits per heavy atom. The maximum Gasteiger partial charge on any atom is 0.308 e. The van der Waals surface area contributed by atoms with Crippen molar-refractivity contribution in [3.63, 3.8) is 0 Å². The summed E-state index contributed by atoms with van der Waals surface area (Å²) in [5.41, 5.74) is 0. The summed E-state index contributed by atoms with van der Waals surface area (Å²) in [6.45, 7) is 0.447. The van der Waals surface area contributed by atoms with Gasteiger partial charge in [0, 0.05) is 18.1 Å². The number of carbonyl (C=O) groups excluding carboxylic acids is 1. The molecule has 1 aromatic rings. The van der Waals surface area contributed by atoms with Gasteiger partial charge >= 0.3 is 5.97 Å². The van der Waals surface area contributed by atoms with E-state index in [4.69, 9.17) is 16.7 Å². The molecule has 1 N–H and O–H groups in total. The Balaban J connectivity index is 2.07. The van der Waals surface area contributed by atoms with Gasteiger partial charge in [-0.2, -0.15) is 0 Å². The van der Waals surface area contributed by atoms with E-state index in [0.29, 0.717) is 24.4 Å². The van der Waals surface area contributed by atoms with Crippen LogP contribution in [0.3, 0.4) is 0 Å². The van der Waals surface area contributed by atoms with Gasteiger partial charge in [-0.1, -0.05) is 11.6 Å². The van der Waals surface area contributed by atoms with E-state index >= 15 is 0 Å². The molecule has 0 saturated carbocycles. The predicted octanol–water partition coefficient (Wildman–Crippen LogP) is 1.44. The van der Waals surface area contributed by atoms with Gasteiger partial charge in [-0.25, -0.2) is 8.42 Å². The Morgan fingerprint density at radius 1 is 1.27 bits per heavy atom. The topological polar surface area (TPSA) is 91.8 Å². The van der Waals surface area contributed by atoms with Crippen molar-refractivity contribution >= 4 is 33.3 Å². The van der Waals surface area contributed by atoms with Crippen molar-refractivity contribution in [2.45, 2.75) is 17.7 Å². The van der Waals surface area contributed by atoms with E-state index in [0.717, 1.165) is 0 Å². The van der Waals surface area contributed by atoms with Crippen LogP contribution in [0, 0.1) is 5.92 Å². The van der Waals surface area contributed by atoms with E-state index in [1.54, 1.807) is 0 Å². The summed E-state index contributed by atoms with van der Waals surface area (Å²) in [7, 11) is -3.76. The molecule has 8 heteroatoms. The minimum atomic E-state index is -3.76. The van der Waals surface area contributed by atoms with Crippen molar-refractivity contribution in [1.82, 2.24) is 4.90 Å². The number of hydrogen-bond donors (Lipinski definition) is 1. The summed E-state index contributed by atoms with van der Waals surface area (Å²) in [4.78, 5) is 24.5. The molecule has 2 rings (SSSR count). The Bertz CT molecular complexity index is 671. The van der Waals surface area contributed by atoms with Crippen LogP contribution in [0.4, 0.5) is 0 Å². The number of likely N-dealkylation sites (tertiary alicyclic amines) is 1. The van der Waals surface area contributed by atoms with Gasteiger partial charge < -0.3 is 10.0 Å². The number of piperidine rings is 1. The van der Waals surface area contributed by atoms with Crippen LogP contribution in [0.5, 0.6) is 0 Å². The van der Waals surface area contributed by atoms with Crippen LogP contribution in [0.2, 0.25) is 5.02 Å². The lowest BCUT2D eigenvalue weighted by Gasteiger charge is -2.30. The van der Waals surface area contributed by atoms with Crippen LogP contribution in [0.1, 0.15) is 12.8 Å². The van der Waals surface area contributed by atoms with Gasteiger partial charge in [0.15, 0.2) is 9.84 Å². The first-order chi connectivity index (χ1) is 10.3. The maximum atomic E-state index is 12.2. The predicted molar refractivity (Wildman–Crippen MR) is 80.4 cm³/mol. The van der Waals surface area contributed by atoms with Gasteiger partial charge in [0.2, 0.25) is 5.91 Å². The Kier molecular flexibility index (Phi) is 5.08. The average Bonchev–Trinajstić information content (AvgIpc) is 2.47. The monoisotopic (exact) mass is 345 g/mol. The maximum absolute atomic E-state index is 12.2. The summed E-state index contributed by atoms with van der Waals surface area (Å²) in [5.74, 6) is -2.82. The highest BCUT2D eigenvalue weighted by molar-refractivity contribution is 7.92. The zero-order valence-electron chi connectivity index (χ0n) is 11.7. The van der Waals surface area contributed by atoms with Crippen LogP contribution in [-0.4, -0.2) is 49.1 Å². The average molecular weight is 346 g/mol. The molecule has 1 amide bonds. The molecule has 1 aliphatic heterocycles. The lowest BCUT2D eigenvalue weighted by molar-refractivity contribution is -0.145. The molecule has 1 heterocycles. The molecule has 0 unspecified atom stereocenters. The summed E-state index contributed by atoms with van der Waals surface area (Å²) in [6, 6.07) is 5.59. The molecule has 0 radical (unpaired) electrons. The Morgan fingerprint density at radius 3 is 2.50 bits per heavy atom. The first-order valence-electron chi connectivity index (χ1n) is 6.78. The van der Waals surface area contributed by atoms with Crippen molar-refractivity contribution in [3.8, 4) is 0 Å². The fourth-order valence-corrected chi connectivity index (χ4v) is 3.74. The number of sulfone groups is 1. The number of rotatable bonds is 4. The second kappa shape index (κ2) is 6.66. The third-order valence-corrected chi connectivity index (χ3v) is 5.48. The number of benzene rings is 1. The fourth-order valence-electron chi connectivity index (χ4n) is 2.38. The van der Waals surface area contributed by atoms with Crippen molar-refractivity contribution in [2.24, 2.45) is 5.92 Å². The van der Waals surface area contributed by atoms with E-state index in [1.165, 1.54) is 29.2 Å². The zero-order chi connectivity index (χ0) is 16.3. The highest BCUT2D eigenvalue weighted by Gasteiger charge is 2.30. The third-order valence-electron chi connectivity index (χ3n) is 3.61. The standard InChI is InChI=1S/C14H16ClNO5S/c15-11-3-5-12(6-4-11)22(20,21)9-13(17)16-7-1-2-10(8-16)14(18)19/h3-6,10H,1-2,7-9H2,(H,18,19)/t10-/m1/s1. The number of nitrogens with zero attached hydrogens (tertiary/aromatic N) is 1. The van der Waals surface area contributed by atoms with Gasteiger partial charge in [0.25, 0.3) is 0 Å². The smallest absolute Gasteiger partial charge is 0.308 e. The second-order valence-electron chi connectivity index (χ2n) is 5.23. The largest absolute Gasteiger partial charge is 0.481 e. The first kappa shape index (κ1) is 16.8. The van der Waals surface area contributed by atoms with E-state index in [-0.39, 0.29) is 11.4 Å². The molecule has 1 aliphatic rings. The van der Waals surface area contributed by atoms with Crippen LogP contribution >= 0.6 is 11.6 Å². The third kappa shape index (κ3) is 3.98. The van der Waals surface area contributed by atoms with E-state index < -0.39 is 33.4 Å². The number of aliphatic carboxylic acids is 1. The quantitative estimate of drug-likeness (QED) is 0.891. The molecule has 1 fully saturated rings. The molecule has 0 aromatic heterocycles. The van der Waals surface area contributed by atoms with Crippen molar-refractivity contribution < 1.29 is 23.1 Å².